The lowest BCUT2D eigenvalue weighted by molar-refractivity contribution is -0.110. The van der Waals surface area contributed by atoms with Crippen molar-refractivity contribution < 1.29 is 9.53 Å². The van der Waals surface area contributed by atoms with Gasteiger partial charge in [0.05, 0.1) is 0 Å². The molecule has 0 aromatic carbocycles. The van der Waals surface area contributed by atoms with Crippen LogP contribution in [0.2, 0.25) is 0 Å². The lowest BCUT2D eigenvalue weighted by Gasteiger charge is -2.34. The summed E-state index contributed by atoms with van der Waals surface area (Å²) in [7, 11) is 0. The zero-order chi connectivity index (χ0) is 29.3. The van der Waals surface area contributed by atoms with Crippen LogP contribution < -0.4 is 11.1 Å². The summed E-state index contributed by atoms with van der Waals surface area (Å²) >= 11 is 0. The zero-order valence-corrected chi connectivity index (χ0v) is 27.6. The molecule has 0 fully saturated rings. The molecule has 38 heavy (non-hydrogen) atoms. The predicted molar refractivity (Wildman–Crippen MR) is 170 cm³/mol. The highest BCUT2D eigenvalue weighted by Gasteiger charge is 2.26. The predicted octanol–water partition coefficient (Wildman–Crippen LogP) is 9.69. The Hall–Kier alpha value is -0.610. The van der Waals surface area contributed by atoms with Gasteiger partial charge in [0.15, 0.2) is 0 Å². The van der Waals surface area contributed by atoms with Crippen molar-refractivity contribution in [3.05, 3.63) is 0 Å². The van der Waals surface area contributed by atoms with Crippen LogP contribution in [0.15, 0.2) is 0 Å². The van der Waals surface area contributed by atoms with Gasteiger partial charge in [0.25, 0.3) is 0 Å². The topological polar surface area (TPSA) is 64.3 Å². The second kappa shape index (κ2) is 25.4. The summed E-state index contributed by atoms with van der Waals surface area (Å²) in [6, 6.07) is 0.275. The highest BCUT2D eigenvalue weighted by atomic mass is 16.5. The summed E-state index contributed by atoms with van der Waals surface area (Å²) in [5.41, 5.74) is 6.46. The standard InChI is InChI=1S/C21H43NO2.C13H29N/c1-4-5-6-7-8-9-10-11-12-13-14-17-24-18-20(2)15-16-21(3)22-19-23;1-11(7-8-14)9-13(5,6)10-12(2,3)4/h19-21H,4-18H2,1-3H3,(H,22,23);11H,7-10,14H2,1-6H3. The quantitative estimate of drug-likeness (QED) is 0.0945. The number of nitrogens with one attached hydrogen (secondary N) is 1. The number of hydrogen-bond donors (Lipinski definition) is 2. The lowest BCUT2D eigenvalue weighted by Crippen LogP contribution is -2.25. The molecule has 1 amide bonds. The van der Waals surface area contributed by atoms with E-state index in [2.05, 4.69) is 60.7 Å². The molecular weight excluding hydrogens is 468 g/mol. The van der Waals surface area contributed by atoms with Crippen LogP contribution in [-0.4, -0.2) is 32.2 Å². The van der Waals surface area contributed by atoms with E-state index >= 15 is 0 Å². The van der Waals surface area contributed by atoms with Crippen LogP contribution in [0.1, 0.15) is 165 Å². The minimum Gasteiger partial charge on any atom is -0.381 e. The van der Waals surface area contributed by atoms with E-state index in [0.29, 0.717) is 16.7 Å². The Morgan fingerprint density at radius 3 is 1.76 bits per heavy atom. The molecule has 0 radical (unpaired) electrons. The fourth-order valence-corrected chi connectivity index (χ4v) is 5.81. The third-order valence-corrected chi connectivity index (χ3v) is 7.31. The minimum atomic E-state index is 0.275. The molecule has 3 unspecified atom stereocenters. The molecule has 0 aliphatic heterocycles. The molecule has 0 aromatic rings. The second-order valence-electron chi connectivity index (χ2n) is 14.3. The molecule has 0 aliphatic carbocycles. The van der Waals surface area contributed by atoms with Gasteiger partial charge in [-0.05, 0) is 74.7 Å². The summed E-state index contributed by atoms with van der Waals surface area (Å²) < 4.78 is 5.78. The summed E-state index contributed by atoms with van der Waals surface area (Å²) in [5, 5.41) is 2.80. The van der Waals surface area contributed by atoms with Crippen molar-refractivity contribution in [2.75, 3.05) is 19.8 Å². The Morgan fingerprint density at radius 2 is 1.29 bits per heavy atom. The average molecular weight is 541 g/mol. The molecule has 0 spiro atoms. The van der Waals surface area contributed by atoms with Crippen molar-refractivity contribution in [2.24, 2.45) is 28.4 Å². The molecule has 0 aliphatic rings. The SMILES string of the molecule is CC(CCN)CC(C)(C)CC(C)(C)C.CCCCCCCCCCCCCOCC(C)CCC(C)NC=O. The normalized spacial score (nSPS) is 14.4. The first-order chi connectivity index (χ1) is 17.9. The first-order valence-corrected chi connectivity index (χ1v) is 16.3. The number of carbonyl (C=O) groups is 1. The van der Waals surface area contributed by atoms with Gasteiger partial charge >= 0.3 is 0 Å². The third kappa shape index (κ3) is 31.6. The van der Waals surface area contributed by atoms with Crippen molar-refractivity contribution in [1.29, 1.82) is 0 Å². The van der Waals surface area contributed by atoms with Crippen LogP contribution >= 0.6 is 0 Å². The highest BCUT2D eigenvalue weighted by molar-refractivity contribution is 5.46. The Bertz CT molecular complexity index is 501. The van der Waals surface area contributed by atoms with Crippen LogP contribution in [0.5, 0.6) is 0 Å². The maximum atomic E-state index is 10.3. The third-order valence-electron chi connectivity index (χ3n) is 7.31. The number of hydrogen-bond acceptors (Lipinski definition) is 3. The summed E-state index contributed by atoms with van der Waals surface area (Å²) in [6.07, 6.45) is 21.8. The van der Waals surface area contributed by atoms with Crippen molar-refractivity contribution in [2.45, 2.75) is 171 Å². The number of unbranched alkanes of at least 4 members (excludes halogenated alkanes) is 10. The fraction of sp³-hybridized carbons (Fsp3) is 0.971. The van der Waals surface area contributed by atoms with E-state index in [9.17, 15) is 4.79 Å². The van der Waals surface area contributed by atoms with Crippen LogP contribution in [0.3, 0.4) is 0 Å². The molecule has 4 nitrogen and oxygen atoms in total. The van der Waals surface area contributed by atoms with Gasteiger partial charge in [-0.1, -0.05) is 120 Å². The largest absolute Gasteiger partial charge is 0.381 e. The smallest absolute Gasteiger partial charge is 0.207 e. The molecule has 0 bridgehead atoms. The number of nitrogens with two attached hydrogens (primary N) is 1. The maximum Gasteiger partial charge on any atom is 0.207 e. The molecule has 0 rings (SSSR count). The number of carbonyl (C=O) groups excluding carboxylic acids is 1. The number of ether oxygens (including phenoxy) is 1. The van der Waals surface area contributed by atoms with Gasteiger partial charge in [-0.3, -0.25) is 4.79 Å². The Morgan fingerprint density at radius 1 is 0.763 bits per heavy atom. The number of amides is 1. The monoisotopic (exact) mass is 541 g/mol. The van der Waals surface area contributed by atoms with E-state index in [0.717, 1.165) is 51.3 Å². The van der Waals surface area contributed by atoms with E-state index < -0.39 is 0 Å². The Balaban J connectivity index is 0. The van der Waals surface area contributed by atoms with E-state index in [-0.39, 0.29) is 6.04 Å². The first kappa shape index (κ1) is 39.5. The van der Waals surface area contributed by atoms with Gasteiger partial charge < -0.3 is 15.8 Å². The van der Waals surface area contributed by atoms with E-state index in [1.165, 1.54) is 83.5 Å². The summed E-state index contributed by atoms with van der Waals surface area (Å²) in [5.74, 6) is 1.34. The molecule has 0 heterocycles. The molecule has 4 heteroatoms. The van der Waals surface area contributed by atoms with Crippen molar-refractivity contribution in [1.82, 2.24) is 5.32 Å². The van der Waals surface area contributed by atoms with Crippen LogP contribution in [0.25, 0.3) is 0 Å². The Labute approximate surface area is 240 Å². The van der Waals surface area contributed by atoms with Gasteiger partial charge in [-0.25, -0.2) is 0 Å². The van der Waals surface area contributed by atoms with E-state index in [1.54, 1.807) is 0 Å². The van der Waals surface area contributed by atoms with E-state index in [4.69, 9.17) is 10.5 Å². The van der Waals surface area contributed by atoms with Crippen molar-refractivity contribution >= 4 is 6.41 Å². The van der Waals surface area contributed by atoms with Gasteiger partial charge in [0, 0.05) is 19.3 Å². The summed E-state index contributed by atoms with van der Waals surface area (Å²) in [4.78, 5) is 10.3. The molecule has 230 valence electrons. The summed E-state index contributed by atoms with van der Waals surface area (Å²) in [6.45, 7) is 23.2. The van der Waals surface area contributed by atoms with Crippen molar-refractivity contribution in [3.63, 3.8) is 0 Å². The maximum absolute atomic E-state index is 10.3. The molecule has 0 aromatic heterocycles. The fourth-order valence-electron chi connectivity index (χ4n) is 5.81. The van der Waals surface area contributed by atoms with Crippen molar-refractivity contribution in [3.8, 4) is 0 Å². The first-order valence-electron chi connectivity index (χ1n) is 16.3. The second-order valence-corrected chi connectivity index (χ2v) is 14.3. The molecule has 0 saturated heterocycles. The molecule has 0 saturated carbocycles. The van der Waals surface area contributed by atoms with Gasteiger partial charge in [-0.2, -0.15) is 0 Å². The minimum absolute atomic E-state index is 0.275. The van der Waals surface area contributed by atoms with Crippen LogP contribution in [0, 0.1) is 22.7 Å². The molecule has 3 atom stereocenters. The lowest BCUT2D eigenvalue weighted by atomic mass is 9.72. The van der Waals surface area contributed by atoms with Crippen LogP contribution in [-0.2, 0) is 9.53 Å². The average Bonchev–Trinajstić information content (AvgIpc) is 2.79. The molecule has 3 N–H and O–H groups in total. The van der Waals surface area contributed by atoms with E-state index in [1.807, 2.05) is 6.92 Å². The number of rotatable bonds is 24. The molecular formula is C34H72N2O2. The van der Waals surface area contributed by atoms with Gasteiger partial charge in [0.1, 0.15) is 0 Å². The highest BCUT2D eigenvalue weighted by Crippen LogP contribution is 2.38. The zero-order valence-electron chi connectivity index (χ0n) is 27.6. The van der Waals surface area contributed by atoms with Gasteiger partial charge in [-0.15, -0.1) is 0 Å². The Kier molecular flexibility index (Phi) is 26.4. The van der Waals surface area contributed by atoms with Crippen LogP contribution in [0.4, 0.5) is 0 Å². The van der Waals surface area contributed by atoms with Gasteiger partial charge in [0.2, 0.25) is 6.41 Å².